The van der Waals surface area contributed by atoms with Crippen LogP contribution in [0.5, 0.6) is 0 Å². The Morgan fingerprint density at radius 1 is 1.17 bits per heavy atom. The molecule has 0 atom stereocenters. The SMILES string of the molecule is FC(F)(F)c1cccc(N2CCC(=NCC3CCCCC3)N2)c1. The van der Waals surface area contributed by atoms with Crippen molar-refractivity contribution >= 4 is 11.5 Å². The van der Waals surface area contributed by atoms with Gasteiger partial charge in [-0.3, -0.25) is 15.4 Å². The lowest BCUT2D eigenvalue weighted by molar-refractivity contribution is -0.137. The Labute approximate surface area is 134 Å². The summed E-state index contributed by atoms with van der Waals surface area (Å²) >= 11 is 0. The summed E-state index contributed by atoms with van der Waals surface area (Å²) in [6.07, 6.45) is 2.84. The lowest BCUT2D eigenvalue weighted by atomic mass is 9.89. The van der Waals surface area contributed by atoms with E-state index in [1.165, 1.54) is 44.2 Å². The van der Waals surface area contributed by atoms with E-state index in [1.54, 1.807) is 11.1 Å². The Hall–Kier alpha value is -1.72. The number of benzene rings is 1. The Balaban J connectivity index is 1.61. The molecule has 0 aromatic heterocycles. The van der Waals surface area contributed by atoms with Gasteiger partial charge in [-0.15, -0.1) is 0 Å². The van der Waals surface area contributed by atoms with Gasteiger partial charge in [0.15, 0.2) is 0 Å². The van der Waals surface area contributed by atoms with E-state index in [9.17, 15) is 13.2 Å². The monoisotopic (exact) mass is 325 g/mol. The smallest absolute Gasteiger partial charge is 0.286 e. The molecule has 1 heterocycles. The van der Waals surface area contributed by atoms with E-state index in [-0.39, 0.29) is 0 Å². The summed E-state index contributed by atoms with van der Waals surface area (Å²) in [5.41, 5.74) is 3.05. The number of anilines is 1. The van der Waals surface area contributed by atoms with E-state index < -0.39 is 11.7 Å². The van der Waals surface area contributed by atoms with Gasteiger partial charge in [0.25, 0.3) is 0 Å². The second-order valence-corrected chi connectivity index (χ2v) is 6.35. The topological polar surface area (TPSA) is 27.6 Å². The fourth-order valence-corrected chi connectivity index (χ4v) is 3.25. The molecule has 6 heteroatoms. The Bertz CT molecular complexity index is 562. The molecule has 0 amide bonds. The number of halogens is 3. The number of rotatable bonds is 3. The van der Waals surface area contributed by atoms with Crippen LogP contribution in [0, 0.1) is 5.92 Å². The van der Waals surface area contributed by atoms with Gasteiger partial charge < -0.3 is 0 Å². The molecule has 3 rings (SSSR count). The zero-order chi connectivity index (χ0) is 16.3. The minimum Gasteiger partial charge on any atom is -0.286 e. The summed E-state index contributed by atoms with van der Waals surface area (Å²) in [7, 11) is 0. The fourth-order valence-electron chi connectivity index (χ4n) is 3.25. The van der Waals surface area contributed by atoms with Crippen molar-refractivity contribution in [3.8, 4) is 0 Å². The average Bonchev–Trinajstić information content (AvgIpc) is 3.02. The maximum Gasteiger partial charge on any atom is 0.416 e. The molecule has 1 saturated carbocycles. The minimum atomic E-state index is -4.31. The summed E-state index contributed by atoms with van der Waals surface area (Å²) in [5, 5.41) is 1.74. The molecule has 2 fully saturated rings. The Kier molecular flexibility index (Phi) is 4.78. The van der Waals surface area contributed by atoms with Crippen LogP contribution in [-0.4, -0.2) is 18.9 Å². The number of nitrogens with one attached hydrogen (secondary N) is 1. The second-order valence-electron chi connectivity index (χ2n) is 6.35. The van der Waals surface area contributed by atoms with E-state index in [4.69, 9.17) is 0 Å². The van der Waals surface area contributed by atoms with Crippen LogP contribution in [0.1, 0.15) is 44.1 Å². The molecule has 23 heavy (non-hydrogen) atoms. The average molecular weight is 325 g/mol. The van der Waals surface area contributed by atoms with Crippen LogP contribution in [0.4, 0.5) is 18.9 Å². The lowest BCUT2D eigenvalue weighted by Crippen LogP contribution is -2.33. The highest BCUT2D eigenvalue weighted by molar-refractivity contribution is 5.87. The third-order valence-electron chi connectivity index (χ3n) is 4.59. The van der Waals surface area contributed by atoms with Crippen LogP contribution in [-0.2, 0) is 6.18 Å². The molecule has 0 unspecified atom stereocenters. The van der Waals surface area contributed by atoms with E-state index >= 15 is 0 Å². The molecule has 1 aliphatic heterocycles. The first-order valence-electron chi connectivity index (χ1n) is 8.27. The van der Waals surface area contributed by atoms with Gasteiger partial charge in [0.05, 0.1) is 11.3 Å². The fraction of sp³-hybridized carbons (Fsp3) is 0.588. The molecule has 1 saturated heterocycles. The van der Waals surface area contributed by atoms with Gasteiger partial charge in [-0.25, -0.2) is 0 Å². The van der Waals surface area contributed by atoms with Gasteiger partial charge in [0.1, 0.15) is 5.84 Å². The largest absolute Gasteiger partial charge is 0.416 e. The van der Waals surface area contributed by atoms with Crippen molar-refractivity contribution in [3.05, 3.63) is 29.8 Å². The molecular weight excluding hydrogens is 303 g/mol. The van der Waals surface area contributed by atoms with Crippen molar-refractivity contribution in [2.24, 2.45) is 10.9 Å². The summed E-state index contributed by atoms with van der Waals surface area (Å²) in [4.78, 5) is 4.64. The highest BCUT2D eigenvalue weighted by Gasteiger charge is 2.31. The van der Waals surface area contributed by atoms with E-state index in [0.29, 0.717) is 18.2 Å². The molecule has 1 aliphatic carbocycles. The van der Waals surface area contributed by atoms with E-state index in [1.807, 2.05) is 0 Å². The van der Waals surface area contributed by atoms with Crippen LogP contribution < -0.4 is 10.4 Å². The highest BCUT2D eigenvalue weighted by atomic mass is 19.4. The number of alkyl halides is 3. The molecule has 1 N–H and O–H groups in total. The quantitative estimate of drug-likeness (QED) is 0.892. The number of hydrazine groups is 1. The van der Waals surface area contributed by atoms with Gasteiger partial charge >= 0.3 is 6.18 Å². The van der Waals surface area contributed by atoms with Crippen molar-refractivity contribution in [1.82, 2.24) is 5.43 Å². The molecule has 1 aromatic carbocycles. The third kappa shape index (κ3) is 4.18. The summed E-state index contributed by atoms with van der Waals surface area (Å²) in [6, 6.07) is 5.40. The number of nitrogens with zero attached hydrogens (tertiary/aromatic N) is 2. The zero-order valence-electron chi connectivity index (χ0n) is 13.1. The molecule has 0 radical (unpaired) electrons. The van der Waals surface area contributed by atoms with Crippen LogP contribution >= 0.6 is 0 Å². The summed E-state index contributed by atoms with van der Waals surface area (Å²) in [6.45, 7) is 1.48. The molecule has 0 bridgehead atoms. The second kappa shape index (κ2) is 6.81. The third-order valence-corrected chi connectivity index (χ3v) is 4.59. The van der Waals surface area contributed by atoms with Crippen LogP contribution in [0.25, 0.3) is 0 Å². The first-order chi connectivity index (χ1) is 11.0. The molecule has 0 spiro atoms. The predicted molar refractivity (Wildman–Crippen MR) is 85.4 cm³/mol. The number of amidine groups is 1. The summed E-state index contributed by atoms with van der Waals surface area (Å²) in [5.74, 6) is 1.55. The standard InChI is InChI=1S/C17H22F3N3/c18-17(19,20)14-7-4-8-15(11-14)23-10-9-16(22-23)21-12-13-5-2-1-3-6-13/h4,7-8,11,13H,1-3,5-6,9-10,12H2,(H,21,22). The summed E-state index contributed by atoms with van der Waals surface area (Å²) < 4.78 is 38.4. The van der Waals surface area contributed by atoms with Crippen LogP contribution in [0.3, 0.4) is 0 Å². The van der Waals surface area contributed by atoms with Crippen LogP contribution in [0.2, 0.25) is 0 Å². The first-order valence-corrected chi connectivity index (χ1v) is 8.27. The highest BCUT2D eigenvalue weighted by Crippen LogP contribution is 2.31. The zero-order valence-corrected chi connectivity index (χ0v) is 13.1. The van der Waals surface area contributed by atoms with Crippen molar-refractivity contribution < 1.29 is 13.2 Å². The molecule has 1 aromatic rings. The van der Waals surface area contributed by atoms with Gasteiger partial charge in [0.2, 0.25) is 0 Å². The van der Waals surface area contributed by atoms with Gasteiger partial charge in [-0.05, 0) is 37.0 Å². The first kappa shape index (κ1) is 16.1. The maximum absolute atomic E-state index is 12.8. The van der Waals surface area contributed by atoms with Crippen molar-refractivity contribution in [1.29, 1.82) is 0 Å². The van der Waals surface area contributed by atoms with Crippen LogP contribution in [0.15, 0.2) is 29.3 Å². The molecule has 2 aliphatic rings. The normalized spacial score (nSPS) is 21.7. The lowest BCUT2D eigenvalue weighted by Gasteiger charge is -2.21. The van der Waals surface area contributed by atoms with E-state index in [2.05, 4.69) is 10.4 Å². The molecule has 3 nitrogen and oxygen atoms in total. The maximum atomic E-state index is 12.8. The van der Waals surface area contributed by atoms with Crippen molar-refractivity contribution in [2.45, 2.75) is 44.7 Å². The van der Waals surface area contributed by atoms with Gasteiger partial charge in [-0.1, -0.05) is 25.3 Å². The van der Waals surface area contributed by atoms with E-state index in [0.717, 1.165) is 24.9 Å². The van der Waals surface area contributed by atoms with Crippen molar-refractivity contribution in [2.75, 3.05) is 18.1 Å². The van der Waals surface area contributed by atoms with Gasteiger partial charge in [-0.2, -0.15) is 13.2 Å². The molecular formula is C17H22F3N3. The minimum absolute atomic E-state index is 0.530. The number of hydrogen-bond donors (Lipinski definition) is 1. The predicted octanol–water partition coefficient (Wildman–Crippen LogP) is 4.40. The van der Waals surface area contributed by atoms with Gasteiger partial charge in [0, 0.05) is 19.5 Å². The number of hydrogen-bond acceptors (Lipinski definition) is 2. The Morgan fingerprint density at radius 3 is 2.70 bits per heavy atom. The number of aliphatic imine (C=N–C) groups is 1. The van der Waals surface area contributed by atoms with Crippen molar-refractivity contribution in [3.63, 3.8) is 0 Å². The Morgan fingerprint density at radius 2 is 1.96 bits per heavy atom. The molecule has 126 valence electrons.